The number of imidazole rings is 1. The molecule has 1 heterocycles. The zero-order chi connectivity index (χ0) is 17.8. The van der Waals surface area contributed by atoms with Gasteiger partial charge in [0.2, 0.25) is 0 Å². The van der Waals surface area contributed by atoms with Crippen LogP contribution in [0.3, 0.4) is 0 Å². The van der Waals surface area contributed by atoms with Gasteiger partial charge in [-0.05, 0) is 43.3 Å². The van der Waals surface area contributed by atoms with E-state index in [0.29, 0.717) is 6.61 Å². The number of para-hydroxylation sites is 3. The van der Waals surface area contributed by atoms with Crippen molar-refractivity contribution in [3.05, 3.63) is 84.4 Å². The topological polar surface area (TPSA) is 27.1 Å². The Labute approximate surface area is 157 Å². The van der Waals surface area contributed by atoms with Crippen LogP contribution >= 0.6 is 11.8 Å². The van der Waals surface area contributed by atoms with Gasteiger partial charge in [0.05, 0.1) is 17.6 Å². The molecular formula is C22H20N2OS. The van der Waals surface area contributed by atoms with E-state index in [1.807, 2.05) is 36.4 Å². The molecule has 26 heavy (non-hydrogen) atoms. The van der Waals surface area contributed by atoms with Crippen LogP contribution in [0.1, 0.15) is 5.56 Å². The van der Waals surface area contributed by atoms with Gasteiger partial charge in [-0.3, -0.25) is 4.57 Å². The van der Waals surface area contributed by atoms with Gasteiger partial charge in [0.15, 0.2) is 5.16 Å². The van der Waals surface area contributed by atoms with Crippen molar-refractivity contribution in [3.63, 3.8) is 0 Å². The molecule has 0 bridgehead atoms. The number of benzene rings is 3. The second kappa shape index (κ2) is 7.67. The predicted molar refractivity (Wildman–Crippen MR) is 108 cm³/mol. The molecule has 0 amide bonds. The third-order valence-electron chi connectivity index (χ3n) is 4.15. The first-order valence-corrected chi connectivity index (χ1v) is 9.65. The fourth-order valence-corrected chi connectivity index (χ4v) is 3.70. The van der Waals surface area contributed by atoms with Crippen LogP contribution in [0.15, 0.2) is 84.0 Å². The van der Waals surface area contributed by atoms with Gasteiger partial charge in [-0.1, -0.05) is 59.8 Å². The van der Waals surface area contributed by atoms with Crippen molar-refractivity contribution >= 4 is 22.8 Å². The largest absolute Gasteiger partial charge is 0.493 e. The van der Waals surface area contributed by atoms with Crippen molar-refractivity contribution in [2.24, 2.45) is 0 Å². The van der Waals surface area contributed by atoms with Crippen LogP contribution in [0.2, 0.25) is 0 Å². The van der Waals surface area contributed by atoms with Crippen molar-refractivity contribution in [3.8, 4) is 11.4 Å². The molecule has 1 aromatic heterocycles. The Balaban J connectivity index is 1.56. The lowest BCUT2D eigenvalue weighted by molar-refractivity contribution is 0.344. The first-order chi connectivity index (χ1) is 12.8. The highest BCUT2D eigenvalue weighted by Crippen LogP contribution is 2.28. The lowest BCUT2D eigenvalue weighted by Crippen LogP contribution is -2.02. The minimum atomic E-state index is 0.645. The number of nitrogens with zero attached hydrogens (tertiary/aromatic N) is 2. The van der Waals surface area contributed by atoms with E-state index in [4.69, 9.17) is 9.72 Å². The van der Waals surface area contributed by atoms with E-state index in [1.165, 1.54) is 5.56 Å². The van der Waals surface area contributed by atoms with Crippen molar-refractivity contribution in [1.29, 1.82) is 0 Å². The number of ether oxygens (including phenoxy) is 1. The third-order valence-corrected chi connectivity index (χ3v) is 5.05. The fraction of sp³-hybridized carbons (Fsp3) is 0.136. The van der Waals surface area contributed by atoms with Crippen LogP contribution in [-0.4, -0.2) is 21.9 Å². The maximum Gasteiger partial charge on any atom is 0.173 e. The fourth-order valence-electron chi connectivity index (χ4n) is 2.85. The van der Waals surface area contributed by atoms with Crippen molar-refractivity contribution in [2.45, 2.75) is 12.1 Å². The molecule has 130 valence electrons. The molecule has 0 spiro atoms. The van der Waals surface area contributed by atoms with E-state index in [1.54, 1.807) is 11.8 Å². The highest BCUT2D eigenvalue weighted by molar-refractivity contribution is 7.99. The molecule has 0 aliphatic heterocycles. The summed E-state index contributed by atoms with van der Waals surface area (Å²) in [7, 11) is 0. The summed E-state index contributed by atoms with van der Waals surface area (Å²) in [6, 6.07) is 26.7. The molecule has 0 unspecified atom stereocenters. The highest BCUT2D eigenvalue weighted by Gasteiger charge is 2.12. The number of rotatable bonds is 6. The summed E-state index contributed by atoms with van der Waals surface area (Å²) in [5.41, 5.74) is 4.53. The normalized spacial score (nSPS) is 11.0. The predicted octanol–water partition coefficient (Wildman–Crippen LogP) is 5.51. The first-order valence-electron chi connectivity index (χ1n) is 8.66. The number of hydrogen-bond donors (Lipinski definition) is 0. The Hall–Kier alpha value is -2.72. The number of aryl methyl sites for hydroxylation is 1. The number of thioether (sulfide) groups is 1. The van der Waals surface area contributed by atoms with Crippen LogP contribution in [0.5, 0.6) is 5.75 Å². The first kappa shape index (κ1) is 16.7. The van der Waals surface area contributed by atoms with E-state index in [0.717, 1.165) is 33.4 Å². The van der Waals surface area contributed by atoms with Crippen LogP contribution in [0.25, 0.3) is 16.7 Å². The maximum atomic E-state index is 5.81. The van der Waals surface area contributed by atoms with Crippen molar-refractivity contribution in [1.82, 2.24) is 9.55 Å². The molecule has 0 saturated carbocycles. The van der Waals surface area contributed by atoms with Gasteiger partial charge >= 0.3 is 0 Å². The average molecular weight is 360 g/mol. The highest BCUT2D eigenvalue weighted by atomic mass is 32.2. The Morgan fingerprint density at radius 3 is 2.42 bits per heavy atom. The quantitative estimate of drug-likeness (QED) is 0.335. The standard InChI is InChI=1S/C22H20N2OS/c1-17-11-13-18(14-12-17)24-21-10-6-5-9-20(21)23-22(24)26-16-15-25-19-7-3-2-4-8-19/h2-14H,15-16H2,1H3. The third kappa shape index (κ3) is 3.60. The molecule has 0 aliphatic rings. The summed E-state index contributed by atoms with van der Waals surface area (Å²) in [6.45, 7) is 2.75. The zero-order valence-electron chi connectivity index (χ0n) is 14.6. The molecule has 3 nitrogen and oxygen atoms in total. The Kier molecular flexibility index (Phi) is 4.93. The van der Waals surface area contributed by atoms with Gasteiger partial charge in [0.25, 0.3) is 0 Å². The Bertz CT molecular complexity index is 994. The SMILES string of the molecule is Cc1ccc(-n2c(SCCOc3ccccc3)nc3ccccc32)cc1. The summed E-state index contributed by atoms with van der Waals surface area (Å²) in [6.07, 6.45) is 0. The van der Waals surface area contributed by atoms with Gasteiger partial charge in [-0.15, -0.1) is 0 Å². The lowest BCUT2D eigenvalue weighted by Gasteiger charge is -2.10. The van der Waals surface area contributed by atoms with Gasteiger partial charge < -0.3 is 4.74 Å². The molecule has 0 atom stereocenters. The lowest BCUT2D eigenvalue weighted by atomic mass is 10.2. The molecule has 0 fully saturated rings. The maximum absolute atomic E-state index is 5.81. The summed E-state index contributed by atoms with van der Waals surface area (Å²) in [5.74, 6) is 1.74. The molecule has 0 N–H and O–H groups in total. The second-order valence-corrected chi connectivity index (χ2v) is 7.13. The van der Waals surface area contributed by atoms with E-state index in [9.17, 15) is 0 Å². The molecule has 4 heteroatoms. The van der Waals surface area contributed by atoms with Gasteiger partial charge in [0, 0.05) is 11.4 Å². The number of hydrogen-bond acceptors (Lipinski definition) is 3. The van der Waals surface area contributed by atoms with E-state index in [-0.39, 0.29) is 0 Å². The van der Waals surface area contributed by atoms with E-state index >= 15 is 0 Å². The molecule has 3 aromatic carbocycles. The number of aromatic nitrogens is 2. The smallest absolute Gasteiger partial charge is 0.173 e. The molecule has 0 aliphatic carbocycles. The Morgan fingerprint density at radius 2 is 1.62 bits per heavy atom. The van der Waals surface area contributed by atoms with Gasteiger partial charge in [-0.25, -0.2) is 4.98 Å². The molecule has 4 rings (SSSR count). The summed E-state index contributed by atoms with van der Waals surface area (Å²) in [4.78, 5) is 4.83. The van der Waals surface area contributed by atoms with Crippen molar-refractivity contribution in [2.75, 3.05) is 12.4 Å². The van der Waals surface area contributed by atoms with Crippen molar-refractivity contribution < 1.29 is 4.74 Å². The minimum Gasteiger partial charge on any atom is -0.493 e. The molecule has 0 radical (unpaired) electrons. The minimum absolute atomic E-state index is 0.645. The zero-order valence-corrected chi connectivity index (χ0v) is 15.4. The number of fused-ring (bicyclic) bond motifs is 1. The summed E-state index contributed by atoms with van der Waals surface area (Å²) < 4.78 is 8.03. The second-order valence-electron chi connectivity index (χ2n) is 6.06. The molecule has 4 aromatic rings. The van der Waals surface area contributed by atoms with Gasteiger partial charge in [-0.2, -0.15) is 0 Å². The van der Waals surface area contributed by atoms with Crippen LogP contribution in [-0.2, 0) is 0 Å². The monoisotopic (exact) mass is 360 g/mol. The van der Waals surface area contributed by atoms with Crippen LogP contribution in [0.4, 0.5) is 0 Å². The van der Waals surface area contributed by atoms with Gasteiger partial charge in [0.1, 0.15) is 5.75 Å². The molecule has 0 saturated heterocycles. The summed E-state index contributed by atoms with van der Waals surface area (Å²) in [5, 5.41) is 0.992. The summed E-state index contributed by atoms with van der Waals surface area (Å²) >= 11 is 1.72. The van der Waals surface area contributed by atoms with E-state index in [2.05, 4.69) is 54.0 Å². The van der Waals surface area contributed by atoms with E-state index < -0.39 is 0 Å². The van der Waals surface area contributed by atoms with Crippen LogP contribution < -0.4 is 4.74 Å². The molecular weight excluding hydrogens is 340 g/mol. The Morgan fingerprint density at radius 1 is 0.885 bits per heavy atom. The van der Waals surface area contributed by atoms with Crippen LogP contribution in [0, 0.1) is 6.92 Å². The average Bonchev–Trinajstić information content (AvgIpc) is 3.05.